The number of ether oxygens (including phenoxy) is 1. The van der Waals surface area contributed by atoms with Gasteiger partial charge in [-0.2, -0.15) is 0 Å². The number of carbonyl (C=O) groups is 1. The van der Waals surface area contributed by atoms with E-state index in [0.29, 0.717) is 0 Å². The molecule has 7 heteroatoms. The minimum Gasteiger partial charge on any atom is -0.481 e. The number of hydrogen-bond acceptors (Lipinski definition) is 4. The van der Waals surface area contributed by atoms with Crippen molar-refractivity contribution >= 4 is 16.0 Å². The first kappa shape index (κ1) is 13.3. The highest BCUT2D eigenvalue weighted by Crippen LogP contribution is 1.96. The fourth-order valence-corrected chi connectivity index (χ4v) is 1.40. The number of nitrogens with one attached hydrogen (secondary N) is 1. The van der Waals surface area contributed by atoms with Crippen LogP contribution in [0, 0.1) is 0 Å². The molecule has 2 N–H and O–H groups in total. The molecule has 0 saturated heterocycles. The molecule has 1 atom stereocenters. The molecule has 0 bridgehead atoms. The van der Waals surface area contributed by atoms with E-state index in [-0.39, 0.29) is 18.7 Å². The maximum absolute atomic E-state index is 11.0. The number of rotatable bonds is 7. The summed E-state index contributed by atoms with van der Waals surface area (Å²) in [4.78, 5) is 10.3. The van der Waals surface area contributed by atoms with E-state index in [1.807, 2.05) is 0 Å². The summed E-state index contributed by atoms with van der Waals surface area (Å²) in [7, 11) is -1.94. The van der Waals surface area contributed by atoms with Crippen LogP contribution in [0.4, 0.5) is 0 Å². The Labute approximate surface area is 83.3 Å². The molecule has 0 aliphatic carbocycles. The normalized spacial score (nSPS) is 13.9. The van der Waals surface area contributed by atoms with Gasteiger partial charge in [0, 0.05) is 13.7 Å². The van der Waals surface area contributed by atoms with Crippen LogP contribution in [0.15, 0.2) is 0 Å². The molecule has 0 saturated carbocycles. The van der Waals surface area contributed by atoms with Gasteiger partial charge in [-0.15, -0.1) is 0 Å². The molecular weight excluding hydrogens is 210 g/mol. The van der Waals surface area contributed by atoms with E-state index < -0.39 is 22.1 Å². The maximum atomic E-state index is 11.0. The largest absolute Gasteiger partial charge is 0.481 e. The number of aliphatic carboxylic acids is 1. The molecule has 14 heavy (non-hydrogen) atoms. The van der Waals surface area contributed by atoms with E-state index in [1.165, 1.54) is 14.0 Å². The maximum Gasteiger partial charge on any atom is 0.306 e. The van der Waals surface area contributed by atoms with Gasteiger partial charge in [-0.3, -0.25) is 4.79 Å². The van der Waals surface area contributed by atoms with Crippen LogP contribution in [0.2, 0.25) is 0 Å². The second-order valence-corrected chi connectivity index (χ2v) is 4.80. The van der Waals surface area contributed by atoms with Gasteiger partial charge in [0.1, 0.15) is 0 Å². The summed E-state index contributed by atoms with van der Waals surface area (Å²) in [6.45, 7) is 1.49. The minimum atomic E-state index is -3.28. The van der Waals surface area contributed by atoms with Gasteiger partial charge in [-0.05, 0) is 6.92 Å². The second kappa shape index (κ2) is 5.94. The van der Waals surface area contributed by atoms with Crippen molar-refractivity contribution in [1.29, 1.82) is 0 Å². The molecule has 0 aliphatic rings. The summed E-state index contributed by atoms with van der Waals surface area (Å²) in [5.74, 6) is -1.05. The van der Waals surface area contributed by atoms with Crippen molar-refractivity contribution in [2.45, 2.75) is 19.4 Å². The lowest BCUT2D eigenvalue weighted by molar-refractivity contribution is -0.139. The standard InChI is InChI=1S/C7H15NO5S/c1-3-14(11,12)8-5-6(13-2)4-7(9)10/h6,8H,3-5H2,1-2H3,(H,9,10). The molecule has 0 radical (unpaired) electrons. The molecule has 0 aromatic rings. The van der Waals surface area contributed by atoms with Crippen LogP contribution in [0.1, 0.15) is 13.3 Å². The zero-order chi connectivity index (χ0) is 11.2. The molecule has 0 amide bonds. The molecule has 0 aromatic carbocycles. The highest BCUT2D eigenvalue weighted by atomic mass is 32.2. The van der Waals surface area contributed by atoms with E-state index in [2.05, 4.69) is 4.72 Å². The van der Waals surface area contributed by atoms with Gasteiger partial charge in [-0.1, -0.05) is 0 Å². The first-order chi connectivity index (χ1) is 6.41. The highest BCUT2D eigenvalue weighted by Gasteiger charge is 2.15. The van der Waals surface area contributed by atoms with Crippen molar-refractivity contribution in [2.24, 2.45) is 0 Å². The summed E-state index contributed by atoms with van der Waals surface area (Å²) >= 11 is 0. The molecular formula is C7H15NO5S. The molecule has 0 spiro atoms. The van der Waals surface area contributed by atoms with Crippen molar-refractivity contribution in [3.63, 3.8) is 0 Å². The summed E-state index contributed by atoms with van der Waals surface area (Å²) in [5, 5.41) is 8.44. The monoisotopic (exact) mass is 225 g/mol. The van der Waals surface area contributed by atoms with Crippen LogP contribution in [0.5, 0.6) is 0 Å². The van der Waals surface area contributed by atoms with Gasteiger partial charge >= 0.3 is 5.97 Å². The third-order valence-electron chi connectivity index (χ3n) is 1.65. The Bertz CT molecular complexity index is 274. The zero-order valence-corrected chi connectivity index (χ0v) is 9.00. The van der Waals surface area contributed by atoms with Crippen molar-refractivity contribution in [3.8, 4) is 0 Å². The number of carboxylic acids is 1. The number of hydrogen-bond donors (Lipinski definition) is 2. The average Bonchev–Trinajstić information content (AvgIpc) is 2.12. The average molecular weight is 225 g/mol. The molecule has 0 aliphatic heterocycles. The highest BCUT2D eigenvalue weighted by molar-refractivity contribution is 7.89. The fraction of sp³-hybridized carbons (Fsp3) is 0.857. The molecule has 0 fully saturated rings. The SMILES string of the molecule is CCS(=O)(=O)NCC(CC(=O)O)OC. The lowest BCUT2D eigenvalue weighted by atomic mass is 10.2. The van der Waals surface area contributed by atoms with E-state index in [9.17, 15) is 13.2 Å². The third-order valence-corrected chi connectivity index (χ3v) is 3.01. The van der Waals surface area contributed by atoms with Crippen LogP contribution >= 0.6 is 0 Å². The smallest absolute Gasteiger partial charge is 0.306 e. The van der Waals surface area contributed by atoms with Gasteiger partial charge in [0.25, 0.3) is 0 Å². The Morgan fingerprint density at radius 2 is 2.14 bits per heavy atom. The van der Waals surface area contributed by atoms with Crippen LogP contribution < -0.4 is 4.72 Å². The summed E-state index contributed by atoms with van der Waals surface area (Å²) in [6, 6.07) is 0. The van der Waals surface area contributed by atoms with Crippen molar-refractivity contribution < 1.29 is 23.1 Å². The van der Waals surface area contributed by atoms with Gasteiger partial charge in [-0.25, -0.2) is 13.1 Å². The Kier molecular flexibility index (Phi) is 5.66. The topological polar surface area (TPSA) is 92.7 Å². The van der Waals surface area contributed by atoms with Crippen molar-refractivity contribution in [3.05, 3.63) is 0 Å². The Morgan fingerprint density at radius 3 is 2.50 bits per heavy atom. The molecule has 1 unspecified atom stereocenters. The van der Waals surface area contributed by atoms with Crippen molar-refractivity contribution in [1.82, 2.24) is 4.72 Å². The predicted octanol–water partition coefficient (Wildman–Crippen LogP) is -0.585. The number of methoxy groups -OCH3 is 1. The van der Waals surface area contributed by atoms with Crippen LogP contribution in [-0.4, -0.2) is 45.0 Å². The van der Waals surface area contributed by atoms with Crippen LogP contribution in [-0.2, 0) is 19.6 Å². The van der Waals surface area contributed by atoms with Gasteiger partial charge in [0.15, 0.2) is 0 Å². The Balaban J connectivity index is 4.02. The minimum absolute atomic E-state index is 0.0149. The number of carboxylic acid groups (broad SMARTS) is 1. The predicted molar refractivity (Wildman–Crippen MR) is 50.5 cm³/mol. The quantitative estimate of drug-likeness (QED) is 0.604. The first-order valence-corrected chi connectivity index (χ1v) is 5.78. The fourth-order valence-electron chi connectivity index (χ4n) is 0.756. The van der Waals surface area contributed by atoms with Gasteiger partial charge < -0.3 is 9.84 Å². The zero-order valence-electron chi connectivity index (χ0n) is 8.19. The van der Waals surface area contributed by atoms with E-state index in [0.717, 1.165) is 0 Å². The summed E-state index contributed by atoms with van der Waals surface area (Å²) < 4.78 is 29.0. The van der Waals surface area contributed by atoms with E-state index >= 15 is 0 Å². The first-order valence-electron chi connectivity index (χ1n) is 4.13. The second-order valence-electron chi connectivity index (χ2n) is 2.71. The Hall–Kier alpha value is -0.660. The third kappa shape index (κ3) is 5.90. The van der Waals surface area contributed by atoms with E-state index in [1.54, 1.807) is 0 Å². The molecule has 0 aromatic heterocycles. The molecule has 84 valence electrons. The van der Waals surface area contributed by atoms with Gasteiger partial charge in [0.2, 0.25) is 10.0 Å². The number of sulfonamides is 1. The molecule has 0 rings (SSSR count). The van der Waals surface area contributed by atoms with E-state index in [4.69, 9.17) is 9.84 Å². The van der Waals surface area contributed by atoms with Crippen LogP contribution in [0.25, 0.3) is 0 Å². The molecule has 6 nitrogen and oxygen atoms in total. The molecule has 0 heterocycles. The lowest BCUT2D eigenvalue weighted by Gasteiger charge is -2.13. The van der Waals surface area contributed by atoms with Crippen molar-refractivity contribution in [2.75, 3.05) is 19.4 Å². The Morgan fingerprint density at radius 1 is 1.57 bits per heavy atom. The van der Waals surface area contributed by atoms with Gasteiger partial charge in [0.05, 0.1) is 18.3 Å². The van der Waals surface area contributed by atoms with Crippen LogP contribution in [0.3, 0.4) is 0 Å². The summed E-state index contributed by atoms with van der Waals surface area (Å²) in [6.07, 6.45) is -0.850. The lowest BCUT2D eigenvalue weighted by Crippen LogP contribution is -2.35. The summed E-state index contributed by atoms with van der Waals surface area (Å²) in [5.41, 5.74) is 0.